The minimum Gasteiger partial charge on any atom is -0.338 e. The van der Waals surface area contributed by atoms with Gasteiger partial charge in [-0.15, -0.1) is 5.10 Å². The molecule has 1 aromatic heterocycles. The van der Waals surface area contributed by atoms with Gasteiger partial charge in [-0.1, -0.05) is 28.4 Å². The summed E-state index contributed by atoms with van der Waals surface area (Å²) in [5, 5.41) is 9.52. The van der Waals surface area contributed by atoms with Crippen LogP contribution in [0.3, 0.4) is 0 Å². The van der Waals surface area contributed by atoms with Crippen molar-refractivity contribution in [2.24, 2.45) is 5.92 Å². The van der Waals surface area contributed by atoms with E-state index in [2.05, 4.69) is 10.3 Å². The zero-order valence-electron chi connectivity index (χ0n) is 12.5. The van der Waals surface area contributed by atoms with Crippen LogP contribution in [0.2, 0.25) is 10.0 Å². The Bertz CT molecular complexity index is 750. The van der Waals surface area contributed by atoms with Crippen LogP contribution >= 0.6 is 23.2 Å². The maximum atomic E-state index is 12.0. The number of aromatic nitrogens is 3. The van der Waals surface area contributed by atoms with E-state index >= 15 is 0 Å². The predicted octanol–water partition coefficient (Wildman–Crippen LogP) is 3.44. The third-order valence-corrected chi connectivity index (χ3v) is 5.01. The Morgan fingerprint density at radius 3 is 2.74 bits per heavy atom. The van der Waals surface area contributed by atoms with Gasteiger partial charge in [0.05, 0.1) is 17.3 Å². The van der Waals surface area contributed by atoms with Gasteiger partial charge in [-0.2, -0.15) is 0 Å². The highest BCUT2D eigenvalue weighted by atomic mass is 35.5. The van der Waals surface area contributed by atoms with Gasteiger partial charge >= 0.3 is 0 Å². The zero-order valence-corrected chi connectivity index (χ0v) is 14.0. The Kier molecular flexibility index (Phi) is 3.77. The molecule has 2 heterocycles. The maximum absolute atomic E-state index is 12.0. The second-order valence-electron chi connectivity index (χ2n) is 6.31. The maximum Gasteiger partial charge on any atom is 0.222 e. The van der Waals surface area contributed by atoms with E-state index in [-0.39, 0.29) is 11.9 Å². The third kappa shape index (κ3) is 3.08. The van der Waals surface area contributed by atoms with Gasteiger partial charge < -0.3 is 4.90 Å². The first-order valence-corrected chi connectivity index (χ1v) is 8.51. The Morgan fingerprint density at radius 2 is 2.04 bits per heavy atom. The number of hydrogen-bond acceptors (Lipinski definition) is 3. The van der Waals surface area contributed by atoms with Crippen molar-refractivity contribution in [2.75, 3.05) is 13.1 Å². The molecule has 7 heteroatoms. The third-order valence-electron chi connectivity index (χ3n) is 4.47. The molecule has 1 saturated carbocycles. The van der Waals surface area contributed by atoms with Gasteiger partial charge in [-0.05, 0) is 37.0 Å². The number of rotatable bonds is 4. The normalized spacial score (nSPS) is 18.1. The molecular weight excluding hydrogens is 335 g/mol. The summed E-state index contributed by atoms with van der Waals surface area (Å²) in [4.78, 5) is 13.9. The minimum absolute atomic E-state index is 0.200. The van der Waals surface area contributed by atoms with E-state index in [1.165, 1.54) is 12.8 Å². The van der Waals surface area contributed by atoms with Crippen LogP contribution in [-0.2, 0) is 4.79 Å². The Labute approximate surface area is 144 Å². The molecule has 4 rings (SSSR count). The average Bonchev–Trinajstić information content (AvgIpc) is 3.13. The lowest BCUT2D eigenvalue weighted by Gasteiger charge is -2.39. The molecule has 0 spiro atoms. The summed E-state index contributed by atoms with van der Waals surface area (Å²) in [6, 6.07) is 5.51. The van der Waals surface area contributed by atoms with Crippen LogP contribution in [0.25, 0.3) is 11.3 Å². The largest absolute Gasteiger partial charge is 0.338 e. The van der Waals surface area contributed by atoms with E-state index in [1.807, 2.05) is 21.8 Å². The number of amides is 1. The van der Waals surface area contributed by atoms with Crippen molar-refractivity contribution < 1.29 is 4.79 Å². The molecule has 23 heavy (non-hydrogen) atoms. The monoisotopic (exact) mass is 350 g/mol. The summed E-state index contributed by atoms with van der Waals surface area (Å²) >= 11 is 12.1. The van der Waals surface area contributed by atoms with Crippen LogP contribution in [0, 0.1) is 5.92 Å². The molecule has 1 saturated heterocycles. The Balaban J connectivity index is 1.42. The van der Waals surface area contributed by atoms with Gasteiger partial charge in [0.1, 0.15) is 5.69 Å². The molecule has 1 aliphatic heterocycles. The SMILES string of the molecule is O=C(CC1CC1)N1CC(n2cc(-c3ccc(Cl)cc3Cl)nn2)C1. The van der Waals surface area contributed by atoms with Crippen molar-refractivity contribution in [3.05, 3.63) is 34.4 Å². The van der Waals surface area contributed by atoms with Crippen molar-refractivity contribution in [2.45, 2.75) is 25.3 Å². The second kappa shape index (κ2) is 5.80. The summed E-state index contributed by atoms with van der Waals surface area (Å²) < 4.78 is 1.82. The highest BCUT2D eigenvalue weighted by Crippen LogP contribution is 2.34. The molecule has 2 fully saturated rings. The summed E-state index contributed by atoms with van der Waals surface area (Å²) in [5.74, 6) is 0.899. The number of likely N-dealkylation sites (tertiary alicyclic amines) is 1. The molecule has 1 aliphatic carbocycles. The molecular formula is C16H16Cl2N4O. The predicted molar refractivity (Wildman–Crippen MR) is 88.4 cm³/mol. The van der Waals surface area contributed by atoms with E-state index < -0.39 is 0 Å². The number of hydrogen-bond donors (Lipinski definition) is 0. The lowest BCUT2D eigenvalue weighted by atomic mass is 10.1. The van der Waals surface area contributed by atoms with Gasteiger partial charge in [0, 0.05) is 30.1 Å². The van der Waals surface area contributed by atoms with E-state index in [4.69, 9.17) is 23.2 Å². The average molecular weight is 351 g/mol. The van der Waals surface area contributed by atoms with Crippen LogP contribution in [0.15, 0.2) is 24.4 Å². The molecule has 1 aromatic carbocycles. The summed E-state index contributed by atoms with van der Waals surface area (Å²) in [7, 11) is 0. The van der Waals surface area contributed by atoms with Crippen molar-refractivity contribution in [3.8, 4) is 11.3 Å². The first-order chi connectivity index (χ1) is 11.1. The molecule has 5 nitrogen and oxygen atoms in total. The lowest BCUT2D eigenvalue weighted by molar-refractivity contribution is -0.137. The fourth-order valence-electron chi connectivity index (χ4n) is 2.80. The van der Waals surface area contributed by atoms with E-state index in [1.54, 1.807) is 12.1 Å². The summed E-state index contributed by atoms with van der Waals surface area (Å²) in [5.41, 5.74) is 1.53. The van der Waals surface area contributed by atoms with Crippen LogP contribution in [0.5, 0.6) is 0 Å². The van der Waals surface area contributed by atoms with Crippen LogP contribution < -0.4 is 0 Å². The Morgan fingerprint density at radius 1 is 1.26 bits per heavy atom. The number of halogens is 2. The quantitative estimate of drug-likeness (QED) is 0.848. The standard InChI is InChI=1S/C16H16Cl2N4O/c17-11-3-4-13(14(18)6-11)15-9-22(20-19-15)12-7-21(8-12)16(23)5-10-1-2-10/h3-4,6,9-10,12H,1-2,5,7-8H2. The lowest BCUT2D eigenvalue weighted by Crippen LogP contribution is -2.51. The van der Waals surface area contributed by atoms with E-state index in [0.717, 1.165) is 11.3 Å². The van der Waals surface area contributed by atoms with Crippen molar-refractivity contribution in [3.63, 3.8) is 0 Å². The zero-order chi connectivity index (χ0) is 16.0. The number of benzene rings is 1. The van der Waals surface area contributed by atoms with Crippen molar-refractivity contribution >= 4 is 29.1 Å². The smallest absolute Gasteiger partial charge is 0.222 e. The molecule has 0 radical (unpaired) electrons. The summed E-state index contributed by atoms with van der Waals surface area (Å²) in [6.07, 6.45) is 4.99. The van der Waals surface area contributed by atoms with Gasteiger partial charge in [0.15, 0.2) is 0 Å². The van der Waals surface area contributed by atoms with Crippen LogP contribution in [-0.4, -0.2) is 38.9 Å². The fraction of sp³-hybridized carbons (Fsp3) is 0.438. The van der Waals surface area contributed by atoms with E-state index in [9.17, 15) is 4.79 Å². The number of nitrogens with zero attached hydrogens (tertiary/aromatic N) is 4. The highest BCUT2D eigenvalue weighted by Gasteiger charge is 2.35. The first-order valence-electron chi connectivity index (χ1n) is 7.75. The first kappa shape index (κ1) is 15.0. The minimum atomic E-state index is 0.200. The molecule has 2 aromatic rings. The van der Waals surface area contributed by atoms with Gasteiger partial charge in [0.25, 0.3) is 0 Å². The van der Waals surface area contributed by atoms with Gasteiger partial charge in [0.2, 0.25) is 5.91 Å². The molecule has 0 bridgehead atoms. The highest BCUT2D eigenvalue weighted by molar-refractivity contribution is 6.36. The molecule has 1 amide bonds. The second-order valence-corrected chi connectivity index (χ2v) is 7.15. The van der Waals surface area contributed by atoms with Crippen LogP contribution in [0.4, 0.5) is 0 Å². The number of carbonyl (C=O) groups excluding carboxylic acids is 1. The van der Waals surface area contributed by atoms with Gasteiger partial charge in [-0.25, -0.2) is 4.68 Å². The molecule has 0 atom stereocenters. The van der Waals surface area contributed by atoms with Crippen LogP contribution in [0.1, 0.15) is 25.3 Å². The topological polar surface area (TPSA) is 51.0 Å². The van der Waals surface area contributed by atoms with Crippen molar-refractivity contribution in [1.29, 1.82) is 0 Å². The Hall–Kier alpha value is -1.59. The summed E-state index contributed by atoms with van der Waals surface area (Å²) in [6.45, 7) is 1.42. The molecule has 0 N–H and O–H groups in total. The van der Waals surface area contributed by atoms with E-state index in [0.29, 0.717) is 35.5 Å². The van der Waals surface area contributed by atoms with Gasteiger partial charge in [-0.3, -0.25) is 4.79 Å². The number of carbonyl (C=O) groups is 1. The van der Waals surface area contributed by atoms with Crippen molar-refractivity contribution in [1.82, 2.24) is 19.9 Å². The molecule has 120 valence electrons. The molecule has 0 unspecified atom stereocenters. The fourth-order valence-corrected chi connectivity index (χ4v) is 3.31. The molecule has 2 aliphatic rings.